The summed E-state index contributed by atoms with van der Waals surface area (Å²) in [4.78, 5) is 20.7. The first-order valence-corrected chi connectivity index (χ1v) is 8.71. The summed E-state index contributed by atoms with van der Waals surface area (Å²) in [7, 11) is 0. The number of rotatable bonds is 4. The third-order valence-corrected chi connectivity index (χ3v) is 5.10. The molecule has 0 saturated carbocycles. The van der Waals surface area contributed by atoms with Crippen molar-refractivity contribution < 1.29 is 13.2 Å². The Balaban J connectivity index is 1.77. The van der Waals surface area contributed by atoms with Crippen molar-refractivity contribution in [3.8, 4) is 0 Å². The van der Waals surface area contributed by atoms with E-state index in [0.29, 0.717) is 27.9 Å². The molecule has 0 fully saturated rings. The summed E-state index contributed by atoms with van der Waals surface area (Å²) < 4.78 is 38.7. The van der Waals surface area contributed by atoms with Crippen LogP contribution in [0.3, 0.4) is 0 Å². The zero-order valence-electron chi connectivity index (χ0n) is 12.4. The van der Waals surface area contributed by atoms with Crippen molar-refractivity contribution in [2.24, 2.45) is 0 Å². The lowest BCUT2D eigenvalue weighted by Crippen LogP contribution is -2.15. The predicted molar refractivity (Wildman–Crippen MR) is 85.3 cm³/mol. The lowest BCUT2D eigenvalue weighted by Gasteiger charge is -2.06. The number of fused-ring (bicyclic) bond motifs is 1. The Kier molecular flexibility index (Phi) is 4.59. The van der Waals surface area contributed by atoms with Crippen LogP contribution in [0.5, 0.6) is 0 Å². The fourth-order valence-electron chi connectivity index (χ4n) is 1.89. The van der Waals surface area contributed by atoms with E-state index < -0.39 is 11.7 Å². The van der Waals surface area contributed by atoms with Crippen molar-refractivity contribution in [3.63, 3.8) is 0 Å². The van der Waals surface area contributed by atoms with E-state index in [0.717, 1.165) is 17.3 Å². The molecule has 0 radical (unpaired) electrons. The number of halogens is 3. The van der Waals surface area contributed by atoms with Crippen LogP contribution in [0.25, 0.3) is 4.96 Å². The van der Waals surface area contributed by atoms with Gasteiger partial charge in [-0.3, -0.25) is 4.79 Å². The number of hydrogen-bond donors (Lipinski definition) is 0. The van der Waals surface area contributed by atoms with Crippen molar-refractivity contribution in [3.05, 3.63) is 51.0 Å². The van der Waals surface area contributed by atoms with Crippen LogP contribution in [-0.4, -0.2) is 19.6 Å². The summed E-state index contributed by atoms with van der Waals surface area (Å²) in [5, 5.41) is 5.40. The first kappa shape index (κ1) is 16.9. The van der Waals surface area contributed by atoms with E-state index in [4.69, 9.17) is 0 Å². The van der Waals surface area contributed by atoms with Crippen LogP contribution in [0.1, 0.15) is 23.2 Å². The van der Waals surface area contributed by atoms with Gasteiger partial charge in [-0.25, -0.2) is 9.97 Å². The maximum absolute atomic E-state index is 12.5. The standard InChI is InChI=1S/C14H11F3N4OS2/c1-2-10-20-21-12(22)5-9(19-13(21)24-10)7-23-11-4-3-8(6-18-11)14(15,16)17/h3-6H,2,7H2,1H3. The third-order valence-electron chi connectivity index (χ3n) is 3.07. The molecule has 0 amide bonds. The number of thioether (sulfide) groups is 1. The first-order valence-electron chi connectivity index (χ1n) is 6.91. The van der Waals surface area contributed by atoms with Crippen LogP contribution in [0.15, 0.2) is 34.2 Å². The van der Waals surface area contributed by atoms with E-state index in [9.17, 15) is 18.0 Å². The smallest absolute Gasteiger partial charge is 0.267 e. The highest BCUT2D eigenvalue weighted by Gasteiger charge is 2.30. The molecule has 3 aromatic rings. The largest absolute Gasteiger partial charge is 0.417 e. The molecule has 0 spiro atoms. The van der Waals surface area contributed by atoms with Gasteiger partial charge in [-0.05, 0) is 18.6 Å². The molecule has 0 aliphatic rings. The minimum Gasteiger partial charge on any atom is -0.267 e. The number of aromatic nitrogens is 4. The fourth-order valence-corrected chi connectivity index (χ4v) is 3.49. The SMILES string of the molecule is CCc1nn2c(=O)cc(CSc3ccc(C(F)(F)F)cn3)nc2s1. The monoisotopic (exact) mass is 372 g/mol. The minimum atomic E-state index is -4.40. The van der Waals surface area contributed by atoms with Crippen molar-refractivity contribution in [1.29, 1.82) is 0 Å². The van der Waals surface area contributed by atoms with Gasteiger partial charge >= 0.3 is 6.18 Å². The highest BCUT2D eigenvalue weighted by molar-refractivity contribution is 7.98. The number of pyridine rings is 1. The summed E-state index contributed by atoms with van der Waals surface area (Å²) in [6, 6.07) is 3.67. The second kappa shape index (κ2) is 6.52. The third kappa shape index (κ3) is 3.59. The van der Waals surface area contributed by atoms with E-state index in [-0.39, 0.29) is 5.56 Å². The van der Waals surface area contributed by atoms with Gasteiger partial charge in [0.1, 0.15) is 5.01 Å². The van der Waals surface area contributed by atoms with Crippen LogP contribution in [0, 0.1) is 0 Å². The summed E-state index contributed by atoms with van der Waals surface area (Å²) >= 11 is 2.56. The van der Waals surface area contributed by atoms with Crippen LogP contribution < -0.4 is 5.56 Å². The average molecular weight is 372 g/mol. The Labute approximate surface area is 142 Å². The molecular weight excluding hydrogens is 361 g/mol. The molecule has 0 aromatic carbocycles. The maximum atomic E-state index is 12.5. The number of nitrogens with zero attached hydrogens (tertiary/aromatic N) is 4. The molecule has 3 heterocycles. The second-order valence-electron chi connectivity index (χ2n) is 4.80. The Bertz CT molecular complexity index is 918. The van der Waals surface area contributed by atoms with Gasteiger partial charge in [0.2, 0.25) is 4.96 Å². The van der Waals surface area contributed by atoms with Gasteiger partial charge in [-0.15, -0.1) is 11.8 Å². The summed E-state index contributed by atoms with van der Waals surface area (Å²) in [6.45, 7) is 1.94. The molecule has 3 rings (SSSR count). The summed E-state index contributed by atoms with van der Waals surface area (Å²) in [6.07, 6.45) is -2.89. The molecule has 10 heteroatoms. The Morgan fingerprint density at radius 3 is 2.75 bits per heavy atom. The van der Waals surface area contributed by atoms with Crippen molar-refractivity contribution in [2.45, 2.75) is 30.3 Å². The number of hydrogen-bond acceptors (Lipinski definition) is 6. The zero-order chi connectivity index (χ0) is 17.3. The van der Waals surface area contributed by atoms with Gasteiger partial charge in [-0.2, -0.15) is 22.8 Å². The van der Waals surface area contributed by atoms with E-state index >= 15 is 0 Å². The Hall–Kier alpha value is -1.94. The van der Waals surface area contributed by atoms with Gasteiger partial charge < -0.3 is 0 Å². The number of alkyl halides is 3. The van der Waals surface area contributed by atoms with Crippen LogP contribution in [0.2, 0.25) is 0 Å². The van der Waals surface area contributed by atoms with Crippen molar-refractivity contribution in [2.75, 3.05) is 0 Å². The summed E-state index contributed by atoms with van der Waals surface area (Å²) in [5.41, 5.74) is -0.522. The van der Waals surface area contributed by atoms with E-state index in [1.165, 1.54) is 39.7 Å². The van der Waals surface area contributed by atoms with Gasteiger partial charge in [0.05, 0.1) is 16.3 Å². The second-order valence-corrected chi connectivity index (χ2v) is 6.84. The van der Waals surface area contributed by atoms with Crippen LogP contribution >= 0.6 is 23.1 Å². The van der Waals surface area contributed by atoms with Gasteiger partial charge in [0.15, 0.2) is 0 Å². The molecular formula is C14H11F3N4OS2. The van der Waals surface area contributed by atoms with Gasteiger partial charge in [-0.1, -0.05) is 18.3 Å². The molecule has 126 valence electrons. The van der Waals surface area contributed by atoms with E-state index in [1.54, 1.807) is 0 Å². The lowest BCUT2D eigenvalue weighted by molar-refractivity contribution is -0.137. The van der Waals surface area contributed by atoms with E-state index in [1.807, 2.05) is 6.92 Å². The van der Waals surface area contributed by atoms with Gasteiger partial charge in [0.25, 0.3) is 5.56 Å². The van der Waals surface area contributed by atoms with Gasteiger partial charge in [0, 0.05) is 18.0 Å². The lowest BCUT2D eigenvalue weighted by atomic mass is 10.3. The van der Waals surface area contributed by atoms with Crippen LogP contribution in [0.4, 0.5) is 13.2 Å². The van der Waals surface area contributed by atoms with E-state index in [2.05, 4.69) is 15.1 Å². The molecule has 3 aromatic heterocycles. The Morgan fingerprint density at radius 1 is 1.33 bits per heavy atom. The maximum Gasteiger partial charge on any atom is 0.417 e. The predicted octanol–water partition coefficient (Wildman–Crippen LogP) is 3.42. The quantitative estimate of drug-likeness (QED) is 0.657. The average Bonchev–Trinajstić information content (AvgIpc) is 2.96. The molecule has 0 saturated heterocycles. The molecule has 0 N–H and O–H groups in total. The molecule has 0 unspecified atom stereocenters. The topological polar surface area (TPSA) is 60.2 Å². The Morgan fingerprint density at radius 2 is 2.12 bits per heavy atom. The molecule has 0 bridgehead atoms. The minimum absolute atomic E-state index is 0.271. The molecule has 5 nitrogen and oxygen atoms in total. The first-order chi connectivity index (χ1) is 11.4. The molecule has 24 heavy (non-hydrogen) atoms. The number of aryl methyl sites for hydroxylation is 1. The summed E-state index contributed by atoms with van der Waals surface area (Å²) in [5.74, 6) is 0.337. The molecule has 0 aliphatic heterocycles. The van der Waals surface area contributed by atoms with Crippen LogP contribution in [-0.2, 0) is 18.3 Å². The highest BCUT2D eigenvalue weighted by Crippen LogP contribution is 2.30. The molecule has 0 aliphatic carbocycles. The van der Waals surface area contributed by atoms with Crippen molar-refractivity contribution in [1.82, 2.24) is 19.6 Å². The highest BCUT2D eigenvalue weighted by atomic mass is 32.2. The van der Waals surface area contributed by atoms with Crippen molar-refractivity contribution >= 4 is 28.1 Å². The molecule has 0 atom stereocenters. The normalized spacial score (nSPS) is 12.0. The zero-order valence-corrected chi connectivity index (χ0v) is 14.0. The fraction of sp³-hybridized carbons (Fsp3) is 0.286.